The minimum atomic E-state index is -6.10. The summed E-state index contributed by atoms with van der Waals surface area (Å²) in [5, 5.41) is 0. The fourth-order valence-electron chi connectivity index (χ4n) is 5.42. The van der Waals surface area contributed by atoms with Crippen molar-refractivity contribution in [2.75, 3.05) is 0 Å². The van der Waals surface area contributed by atoms with Crippen LogP contribution in [0.1, 0.15) is 61.3 Å². The summed E-state index contributed by atoms with van der Waals surface area (Å²) in [5.41, 5.74) is -10.7. The second-order valence-corrected chi connectivity index (χ2v) is 10.3. The topological polar surface area (TPSA) is 35.5 Å². The van der Waals surface area contributed by atoms with Crippen LogP contribution >= 0.6 is 0 Å². The molecule has 2 fully saturated rings. The molecule has 2 aliphatic carbocycles. The van der Waals surface area contributed by atoms with Crippen molar-refractivity contribution in [2.24, 2.45) is 29.1 Å². The van der Waals surface area contributed by atoms with Gasteiger partial charge in [0.15, 0.2) is 0 Å². The summed E-state index contributed by atoms with van der Waals surface area (Å²) in [6.07, 6.45) is -16.2. The molecule has 0 spiro atoms. The molecule has 176 valence electrons. The van der Waals surface area contributed by atoms with Crippen molar-refractivity contribution in [3.05, 3.63) is 0 Å². The van der Waals surface area contributed by atoms with Crippen LogP contribution in [0.2, 0.25) is 0 Å². The van der Waals surface area contributed by atoms with Crippen molar-refractivity contribution in [3.63, 3.8) is 0 Å². The van der Waals surface area contributed by atoms with Crippen molar-refractivity contribution >= 4 is 6.16 Å². The summed E-state index contributed by atoms with van der Waals surface area (Å²) in [7, 11) is 0. The molecule has 2 rings (SSSR count). The van der Waals surface area contributed by atoms with Gasteiger partial charge < -0.3 is 9.47 Å². The minimum Gasteiger partial charge on any atom is -0.429 e. The van der Waals surface area contributed by atoms with Gasteiger partial charge in [-0.25, -0.2) is 9.18 Å². The van der Waals surface area contributed by atoms with E-state index in [1.807, 2.05) is 6.92 Å². The van der Waals surface area contributed by atoms with Crippen LogP contribution in [0.25, 0.3) is 0 Å². The van der Waals surface area contributed by atoms with Crippen LogP contribution in [0.5, 0.6) is 0 Å². The molecule has 30 heavy (non-hydrogen) atoms. The van der Waals surface area contributed by atoms with E-state index in [1.54, 1.807) is 6.92 Å². The molecule has 5 unspecified atom stereocenters. The number of halogens is 7. The molecule has 0 aromatic carbocycles. The van der Waals surface area contributed by atoms with Crippen LogP contribution < -0.4 is 0 Å². The van der Waals surface area contributed by atoms with E-state index in [1.165, 1.54) is 34.6 Å². The molecular formula is C20H29F7O3. The van der Waals surface area contributed by atoms with Gasteiger partial charge in [-0.15, -0.1) is 0 Å². The van der Waals surface area contributed by atoms with Crippen LogP contribution in [-0.2, 0) is 9.47 Å². The highest BCUT2D eigenvalue weighted by Crippen LogP contribution is 2.70. The molecule has 2 aliphatic rings. The monoisotopic (exact) mass is 450 g/mol. The lowest BCUT2D eigenvalue weighted by Crippen LogP contribution is -2.66. The Kier molecular flexibility index (Phi) is 5.75. The van der Waals surface area contributed by atoms with Gasteiger partial charge in [-0.2, -0.15) is 26.3 Å². The fraction of sp³-hybridized carbons (Fsp3) is 0.950. The third-order valence-corrected chi connectivity index (χ3v) is 7.26. The summed E-state index contributed by atoms with van der Waals surface area (Å²) in [6, 6.07) is 0. The van der Waals surface area contributed by atoms with E-state index in [-0.39, 0.29) is 18.3 Å². The molecule has 0 radical (unpaired) electrons. The lowest BCUT2D eigenvalue weighted by atomic mass is 9.57. The second kappa shape index (κ2) is 6.89. The standard InChI is InChI=1S/C20H29F7O3/c1-10-11(2)13-8-12(10)16(6,7)17(13,21)9-18(19(22,23)24,20(25,26)27)30-14(28)29-15(3,4)5/h10-13H,8-9H2,1-7H3. The molecule has 3 nitrogen and oxygen atoms in total. The normalized spacial score (nSPS) is 34.2. The maximum atomic E-state index is 16.3. The highest BCUT2D eigenvalue weighted by atomic mass is 19.4. The molecule has 2 bridgehead atoms. The summed E-state index contributed by atoms with van der Waals surface area (Å²) in [4.78, 5) is 11.9. The third kappa shape index (κ3) is 3.66. The number of hydrogen-bond acceptors (Lipinski definition) is 3. The van der Waals surface area contributed by atoms with E-state index < -0.39 is 59.1 Å². The Morgan fingerprint density at radius 1 is 0.900 bits per heavy atom. The summed E-state index contributed by atoms with van der Waals surface area (Å²) >= 11 is 0. The third-order valence-electron chi connectivity index (χ3n) is 7.26. The number of hydrogen-bond donors (Lipinski definition) is 0. The van der Waals surface area contributed by atoms with Crippen LogP contribution in [0.15, 0.2) is 0 Å². The highest BCUT2D eigenvalue weighted by molar-refractivity contribution is 5.61. The van der Waals surface area contributed by atoms with E-state index in [4.69, 9.17) is 0 Å². The molecule has 0 aromatic heterocycles. The maximum absolute atomic E-state index is 16.3. The van der Waals surface area contributed by atoms with Crippen molar-refractivity contribution in [1.82, 2.24) is 0 Å². The molecule has 5 atom stereocenters. The van der Waals surface area contributed by atoms with Gasteiger partial charge >= 0.3 is 24.1 Å². The summed E-state index contributed by atoms with van der Waals surface area (Å²) < 4.78 is 108. The highest BCUT2D eigenvalue weighted by Gasteiger charge is 2.80. The van der Waals surface area contributed by atoms with E-state index >= 15 is 4.39 Å². The van der Waals surface area contributed by atoms with Crippen molar-refractivity contribution < 1.29 is 45.0 Å². The Morgan fingerprint density at radius 3 is 1.70 bits per heavy atom. The Morgan fingerprint density at radius 2 is 1.33 bits per heavy atom. The fourth-order valence-corrected chi connectivity index (χ4v) is 5.42. The predicted octanol–water partition coefficient (Wildman–Crippen LogP) is 6.85. The van der Waals surface area contributed by atoms with E-state index in [0.717, 1.165) is 0 Å². The molecule has 2 saturated carbocycles. The SMILES string of the molecule is CC1C(C)C2CC1C(C)(C)C2(F)CC(OC(=O)OC(C)(C)C)(C(F)(F)F)C(F)(F)F. The molecule has 0 saturated heterocycles. The molecule has 0 heterocycles. The lowest BCUT2D eigenvalue weighted by molar-refractivity contribution is -0.381. The summed E-state index contributed by atoms with van der Waals surface area (Å²) in [5.74, 6) is -1.86. The van der Waals surface area contributed by atoms with Crippen molar-refractivity contribution in [3.8, 4) is 0 Å². The van der Waals surface area contributed by atoms with Gasteiger partial charge in [-0.3, -0.25) is 0 Å². The molecule has 0 amide bonds. The molecule has 10 heteroatoms. The first-order valence-electron chi connectivity index (χ1n) is 9.85. The number of carbonyl (C=O) groups excluding carboxylic acids is 1. The van der Waals surface area contributed by atoms with Crippen LogP contribution in [-0.4, -0.2) is 35.4 Å². The number of rotatable bonds is 3. The minimum absolute atomic E-state index is 0.0492. The van der Waals surface area contributed by atoms with E-state index in [2.05, 4.69) is 9.47 Å². The van der Waals surface area contributed by atoms with Gasteiger partial charge in [0, 0.05) is 11.8 Å². The average Bonchev–Trinajstić information content (AvgIpc) is 2.88. The van der Waals surface area contributed by atoms with Gasteiger partial charge in [0.05, 0.1) is 0 Å². The van der Waals surface area contributed by atoms with Crippen molar-refractivity contribution in [2.45, 2.75) is 90.5 Å². The molecular weight excluding hydrogens is 421 g/mol. The summed E-state index contributed by atoms with van der Waals surface area (Å²) in [6.45, 7) is 9.95. The number of ether oxygens (including phenoxy) is 2. The Labute approximate surface area is 171 Å². The number of alkyl halides is 7. The zero-order chi connectivity index (χ0) is 23.7. The Hall–Kier alpha value is -1.22. The Bertz CT molecular complexity index is 663. The van der Waals surface area contributed by atoms with Gasteiger partial charge in [0.1, 0.15) is 11.3 Å². The van der Waals surface area contributed by atoms with Crippen LogP contribution in [0, 0.1) is 29.1 Å². The smallest absolute Gasteiger partial charge is 0.429 e. The van der Waals surface area contributed by atoms with Gasteiger partial charge in [0.2, 0.25) is 0 Å². The van der Waals surface area contributed by atoms with Gasteiger partial charge in [0.25, 0.3) is 0 Å². The van der Waals surface area contributed by atoms with Crippen LogP contribution in [0.4, 0.5) is 35.5 Å². The first-order valence-corrected chi connectivity index (χ1v) is 9.85. The molecule has 0 N–H and O–H groups in total. The van der Waals surface area contributed by atoms with E-state index in [0.29, 0.717) is 0 Å². The quantitative estimate of drug-likeness (QED) is 0.349. The van der Waals surface area contributed by atoms with E-state index in [9.17, 15) is 31.1 Å². The van der Waals surface area contributed by atoms with Crippen molar-refractivity contribution in [1.29, 1.82) is 0 Å². The molecule has 0 aliphatic heterocycles. The predicted molar refractivity (Wildman–Crippen MR) is 94.3 cm³/mol. The zero-order valence-corrected chi connectivity index (χ0v) is 18.1. The average molecular weight is 450 g/mol. The van der Waals surface area contributed by atoms with Gasteiger partial charge in [-0.1, -0.05) is 27.7 Å². The first kappa shape index (κ1) is 25.0. The zero-order valence-electron chi connectivity index (χ0n) is 18.1. The lowest BCUT2D eigenvalue weighted by Gasteiger charge is -2.52. The Balaban J connectivity index is 2.57. The number of carbonyl (C=O) groups is 1. The second-order valence-electron chi connectivity index (χ2n) is 10.3. The van der Waals surface area contributed by atoms with Gasteiger partial charge in [-0.05, 0) is 50.9 Å². The van der Waals surface area contributed by atoms with Crippen LogP contribution in [0.3, 0.4) is 0 Å². The molecule has 0 aromatic rings. The largest absolute Gasteiger partial charge is 0.510 e. The maximum Gasteiger partial charge on any atom is 0.510 e. The number of fused-ring (bicyclic) bond motifs is 2. The first-order chi connectivity index (χ1) is 13.1.